The maximum Gasteiger partial charge on any atom is 0.357 e. The van der Waals surface area contributed by atoms with E-state index in [0.717, 1.165) is 0 Å². The number of hydrogen-bond acceptors (Lipinski definition) is 7. The molecule has 2 rings (SSSR count). The Hall–Kier alpha value is -1.15. The van der Waals surface area contributed by atoms with Gasteiger partial charge in [-0.15, -0.1) is 11.3 Å². The molecule has 17 heavy (non-hydrogen) atoms. The van der Waals surface area contributed by atoms with Gasteiger partial charge in [-0.3, -0.25) is 0 Å². The molecule has 1 aromatic heterocycles. The first-order chi connectivity index (χ1) is 8.00. The summed E-state index contributed by atoms with van der Waals surface area (Å²) in [5.41, 5.74) is 0.237. The van der Waals surface area contributed by atoms with E-state index in [0.29, 0.717) is 11.6 Å². The first-order valence-electron chi connectivity index (χ1n) is 5.01. The van der Waals surface area contributed by atoms with Gasteiger partial charge in [-0.25, -0.2) is 18.2 Å². The van der Waals surface area contributed by atoms with E-state index in [1.54, 1.807) is 5.38 Å². The van der Waals surface area contributed by atoms with E-state index >= 15 is 0 Å². The highest BCUT2D eigenvalue weighted by atomic mass is 32.2. The number of carbonyl (C=O) groups excluding carboxylic acids is 1. The maximum absolute atomic E-state index is 11.3. The van der Waals surface area contributed by atoms with Crippen LogP contribution in [0.1, 0.15) is 16.9 Å². The zero-order valence-corrected chi connectivity index (χ0v) is 10.8. The zero-order valence-electron chi connectivity index (χ0n) is 9.17. The average molecular weight is 276 g/mol. The quantitative estimate of drug-likeness (QED) is 0.810. The minimum Gasteiger partial charge on any atom is -0.464 e. The van der Waals surface area contributed by atoms with Crippen LogP contribution in [0.5, 0.6) is 0 Å². The highest BCUT2D eigenvalue weighted by Gasteiger charge is 2.28. The molecule has 0 radical (unpaired) electrons. The molecule has 1 fully saturated rings. The lowest BCUT2D eigenvalue weighted by Crippen LogP contribution is -2.20. The highest BCUT2D eigenvalue weighted by Crippen LogP contribution is 2.21. The molecule has 1 N–H and O–H groups in total. The SMILES string of the molecule is COC(=O)c1csc(NC2CCS(=O)(=O)C2)n1. The Bertz CT molecular complexity index is 523. The second-order valence-electron chi connectivity index (χ2n) is 3.77. The fourth-order valence-electron chi connectivity index (χ4n) is 1.62. The Morgan fingerprint density at radius 3 is 3.00 bits per heavy atom. The van der Waals surface area contributed by atoms with Crippen molar-refractivity contribution in [3.05, 3.63) is 11.1 Å². The molecule has 0 spiro atoms. The molecular formula is C9H12N2O4S2. The smallest absolute Gasteiger partial charge is 0.357 e. The molecule has 2 heterocycles. The summed E-state index contributed by atoms with van der Waals surface area (Å²) in [4.78, 5) is 15.2. The Labute approximate surface area is 103 Å². The molecular weight excluding hydrogens is 264 g/mol. The second kappa shape index (κ2) is 4.61. The third kappa shape index (κ3) is 2.95. The van der Waals surface area contributed by atoms with Crippen LogP contribution in [0.3, 0.4) is 0 Å². The van der Waals surface area contributed by atoms with Crippen molar-refractivity contribution in [2.24, 2.45) is 0 Å². The first kappa shape index (κ1) is 12.3. The monoisotopic (exact) mass is 276 g/mol. The molecule has 0 bridgehead atoms. The van der Waals surface area contributed by atoms with Gasteiger partial charge in [0.1, 0.15) is 0 Å². The number of carbonyl (C=O) groups is 1. The van der Waals surface area contributed by atoms with E-state index < -0.39 is 15.8 Å². The molecule has 1 aromatic rings. The summed E-state index contributed by atoms with van der Waals surface area (Å²) in [5.74, 6) is -0.159. The van der Waals surface area contributed by atoms with Crippen LogP contribution in [0.4, 0.5) is 5.13 Å². The molecule has 0 saturated carbocycles. The largest absolute Gasteiger partial charge is 0.464 e. The summed E-state index contributed by atoms with van der Waals surface area (Å²) >= 11 is 1.26. The molecule has 0 aromatic carbocycles. The lowest BCUT2D eigenvalue weighted by molar-refractivity contribution is 0.0595. The van der Waals surface area contributed by atoms with Gasteiger partial charge in [-0.2, -0.15) is 0 Å². The van der Waals surface area contributed by atoms with E-state index in [1.807, 2.05) is 0 Å². The molecule has 1 aliphatic heterocycles. The predicted octanol–water partition coefficient (Wildman–Crippen LogP) is 0.529. The molecule has 1 atom stereocenters. The second-order valence-corrected chi connectivity index (χ2v) is 6.86. The number of anilines is 1. The van der Waals surface area contributed by atoms with E-state index in [-0.39, 0.29) is 23.2 Å². The number of aromatic nitrogens is 1. The Morgan fingerprint density at radius 2 is 2.41 bits per heavy atom. The predicted molar refractivity (Wildman–Crippen MR) is 64.1 cm³/mol. The molecule has 94 valence electrons. The highest BCUT2D eigenvalue weighted by molar-refractivity contribution is 7.91. The van der Waals surface area contributed by atoms with Crippen LogP contribution in [0, 0.1) is 0 Å². The number of esters is 1. The number of methoxy groups -OCH3 is 1. The number of nitrogens with one attached hydrogen (secondary N) is 1. The first-order valence-corrected chi connectivity index (χ1v) is 7.71. The third-order valence-electron chi connectivity index (χ3n) is 2.46. The van der Waals surface area contributed by atoms with Gasteiger partial charge in [-0.1, -0.05) is 0 Å². The molecule has 1 saturated heterocycles. The number of thiazole rings is 1. The van der Waals surface area contributed by atoms with E-state index in [9.17, 15) is 13.2 Å². The van der Waals surface area contributed by atoms with Crippen LogP contribution in [-0.4, -0.2) is 44.0 Å². The molecule has 0 amide bonds. The molecule has 8 heteroatoms. The summed E-state index contributed by atoms with van der Waals surface area (Å²) in [5, 5.41) is 5.15. The van der Waals surface area contributed by atoms with Gasteiger partial charge in [-0.05, 0) is 6.42 Å². The fourth-order valence-corrected chi connectivity index (χ4v) is 4.05. The van der Waals surface area contributed by atoms with Crippen LogP contribution in [0.25, 0.3) is 0 Å². The Balaban J connectivity index is 2.01. The molecule has 6 nitrogen and oxygen atoms in total. The lowest BCUT2D eigenvalue weighted by Gasteiger charge is -2.07. The van der Waals surface area contributed by atoms with Crippen molar-refractivity contribution < 1.29 is 17.9 Å². The molecule has 1 aliphatic rings. The number of rotatable bonds is 3. The van der Waals surface area contributed by atoms with Crippen molar-refractivity contribution in [2.75, 3.05) is 23.9 Å². The van der Waals surface area contributed by atoms with Gasteiger partial charge in [0.05, 0.1) is 18.6 Å². The minimum absolute atomic E-state index is 0.114. The zero-order chi connectivity index (χ0) is 12.5. The van der Waals surface area contributed by atoms with Gasteiger partial charge < -0.3 is 10.1 Å². The third-order valence-corrected chi connectivity index (χ3v) is 5.00. The summed E-state index contributed by atoms with van der Waals surface area (Å²) < 4.78 is 27.1. The van der Waals surface area contributed by atoms with Crippen molar-refractivity contribution in [3.8, 4) is 0 Å². The number of hydrogen-bond donors (Lipinski definition) is 1. The normalized spacial score (nSPS) is 22.3. The van der Waals surface area contributed by atoms with Crippen molar-refractivity contribution in [1.29, 1.82) is 0 Å². The summed E-state index contributed by atoms with van der Waals surface area (Å²) in [7, 11) is -1.62. The van der Waals surface area contributed by atoms with Crippen molar-refractivity contribution in [2.45, 2.75) is 12.5 Å². The van der Waals surface area contributed by atoms with Gasteiger partial charge >= 0.3 is 5.97 Å². The summed E-state index contributed by atoms with van der Waals surface area (Å²) in [6.45, 7) is 0. The van der Waals surface area contributed by atoms with Crippen LogP contribution in [0.15, 0.2) is 5.38 Å². The fraction of sp³-hybridized carbons (Fsp3) is 0.556. The summed E-state index contributed by atoms with van der Waals surface area (Å²) in [6.07, 6.45) is 0.579. The maximum atomic E-state index is 11.3. The van der Waals surface area contributed by atoms with Gasteiger partial charge in [0.25, 0.3) is 0 Å². The molecule has 1 unspecified atom stereocenters. The van der Waals surface area contributed by atoms with Gasteiger partial charge in [0, 0.05) is 11.4 Å². The minimum atomic E-state index is -2.91. The van der Waals surface area contributed by atoms with Crippen LogP contribution in [-0.2, 0) is 14.6 Å². The lowest BCUT2D eigenvalue weighted by atomic mass is 10.3. The van der Waals surface area contributed by atoms with Crippen molar-refractivity contribution >= 4 is 32.3 Å². The van der Waals surface area contributed by atoms with E-state index in [1.165, 1.54) is 18.4 Å². The van der Waals surface area contributed by atoms with Crippen LogP contribution < -0.4 is 5.32 Å². The summed E-state index contributed by atoms with van der Waals surface area (Å²) in [6, 6.07) is -0.114. The average Bonchev–Trinajstić information content (AvgIpc) is 2.85. The number of ether oxygens (including phenoxy) is 1. The van der Waals surface area contributed by atoms with Gasteiger partial charge in [0.2, 0.25) is 0 Å². The van der Waals surface area contributed by atoms with Crippen LogP contribution >= 0.6 is 11.3 Å². The van der Waals surface area contributed by atoms with E-state index in [4.69, 9.17) is 0 Å². The van der Waals surface area contributed by atoms with Gasteiger partial charge in [0.15, 0.2) is 20.7 Å². The van der Waals surface area contributed by atoms with Crippen LogP contribution in [0.2, 0.25) is 0 Å². The van der Waals surface area contributed by atoms with E-state index in [2.05, 4.69) is 15.0 Å². The topological polar surface area (TPSA) is 85.4 Å². The number of sulfone groups is 1. The molecule has 0 aliphatic carbocycles. The van der Waals surface area contributed by atoms with Crippen molar-refractivity contribution in [1.82, 2.24) is 4.98 Å². The Kier molecular flexibility index (Phi) is 3.34. The number of nitrogens with zero attached hydrogens (tertiary/aromatic N) is 1. The standard InChI is InChI=1S/C9H12N2O4S2/c1-15-8(12)7-4-16-9(11-7)10-6-2-3-17(13,14)5-6/h4,6H,2-3,5H2,1H3,(H,10,11). The van der Waals surface area contributed by atoms with Crippen molar-refractivity contribution in [3.63, 3.8) is 0 Å². The Morgan fingerprint density at radius 1 is 1.65 bits per heavy atom.